The second-order valence-corrected chi connectivity index (χ2v) is 6.05. The maximum absolute atomic E-state index is 13.3. The first-order valence-electron chi connectivity index (χ1n) is 8.01. The SMILES string of the molecule is [CH]=Cc1c(-c2ccc(F)cc2)cc(-c2ccccc2)nc1C(C)C. The highest BCUT2D eigenvalue weighted by Crippen LogP contribution is 2.33. The average Bonchev–Trinajstić information content (AvgIpc) is 2.62. The number of nitrogens with zero attached hydrogens (tertiary/aromatic N) is 1. The zero-order valence-electron chi connectivity index (χ0n) is 13.8. The molecule has 0 spiro atoms. The van der Waals surface area contributed by atoms with Gasteiger partial charge in [0.25, 0.3) is 0 Å². The van der Waals surface area contributed by atoms with Gasteiger partial charge in [0, 0.05) is 11.1 Å². The molecule has 0 aliphatic heterocycles. The molecule has 0 atom stereocenters. The van der Waals surface area contributed by atoms with Gasteiger partial charge >= 0.3 is 0 Å². The van der Waals surface area contributed by atoms with Gasteiger partial charge in [-0.15, -0.1) is 0 Å². The Bertz CT molecular complexity index is 849. The Balaban J connectivity index is 2.27. The van der Waals surface area contributed by atoms with Crippen molar-refractivity contribution >= 4 is 6.08 Å². The Hall–Kier alpha value is -2.74. The van der Waals surface area contributed by atoms with Crippen LogP contribution in [0.25, 0.3) is 28.5 Å². The van der Waals surface area contributed by atoms with Crippen LogP contribution in [0.4, 0.5) is 4.39 Å². The minimum atomic E-state index is -0.251. The van der Waals surface area contributed by atoms with Crippen molar-refractivity contribution in [1.82, 2.24) is 4.98 Å². The Labute approximate surface area is 142 Å². The molecule has 0 aliphatic carbocycles. The van der Waals surface area contributed by atoms with Crippen molar-refractivity contribution in [2.45, 2.75) is 19.8 Å². The molecular formula is C22H19FN. The van der Waals surface area contributed by atoms with Gasteiger partial charge in [0.2, 0.25) is 0 Å². The Morgan fingerprint density at radius 2 is 1.62 bits per heavy atom. The third-order valence-corrected chi connectivity index (χ3v) is 4.03. The van der Waals surface area contributed by atoms with E-state index in [-0.39, 0.29) is 11.7 Å². The van der Waals surface area contributed by atoms with Crippen molar-refractivity contribution in [2.24, 2.45) is 0 Å². The Morgan fingerprint density at radius 3 is 2.21 bits per heavy atom. The monoisotopic (exact) mass is 316 g/mol. The molecule has 1 aromatic heterocycles. The second-order valence-electron chi connectivity index (χ2n) is 6.05. The van der Waals surface area contributed by atoms with Crippen molar-refractivity contribution in [3.05, 3.63) is 84.3 Å². The lowest BCUT2D eigenvalue weighted by molar-refractivity contribution is 0.628. The van der Waals surface area contributed by atoms with Crippen LogP contribution in [0, 0.1) is 12.4 Å². The van der Waals surface area contributed by atoms with Crippen LogP contribution in [0.1, 0.15) is 31.0 Å². The van der Waals surface area contributed by atoms with E-state index in [1.54, 1.807) is 18.2 Å². The summed E-state index contributed by atoms with van der Waals surface area (Å²) in [5.74, 6) is -0.0267. The molecule has 3 rings (SSSR count). The van der Waals surface area contributed by atoms with Crippen LogP contribution in [0.15, 0.2) is 60.7 Å². The Morgan fingerprint density at radius 1 is 0.958 bits per heavy atom. The number of halogens is 1. The van der Waals surface area contributed by atoms with Gasteiger partial charge in [-0.05, 0) is 35.2 Å². The molecule has 2 heteroatoms. The summed E-state index contributed by atoms with van der Waals surface area (Å²) in [6.07, 6.45) is 1.59. The molecule has 0 bridgehead atoms. The number of rotatable bonds is 4. The molecule has 1 heterocycles. The van der Waals surface area contributed by atoms with E-state index in [1.807, 2.05) is 36.4 Å². The summed E-state index contributed by atoms with van der Waals surface area (Å²) < 4.78 is 13.3. The molecular weight excluding hydrogens is 297 g/mol. The van der Waals surface area contributed by atoms with Gasteiger partial charge in [-0.1, -0.05) is 69.0 Å². The fraction of sp³-hybridized carbons (Fsp3) is 0.136. The van der Waals surface area contributed by atoms with Gasteiger partial charge in [0.1, 0.15) is 5.82 Å². The summed E-state index contributed by atoms with van der Waals surface area (Å²) in [5.41, 5.74) is 5.68. The van der Waals surface area contributed by atoms with Crippen molar-refractivity contribution in [3.8, 4) is 22.4 Å². The van der Waals surface area contributed by atoms with Crippen LogP contribution >= 0.6 is 0 Å². The standard InChI is InChI=1S/C22H19FN/c1-4-19-20(16-10-12-18(23)13-11-16)14-21(24-22(19)15(2)3)17-8-6-5-7-9-17/h1,4-15H,2-3H3. The third kappa shape index (κ3) is 3.13. The fourth-order valence-electron chi connectivity index (χ4n) is 2.82. The third-order valence-electron chi connectivity index (χ3n) is 4.03. The topological polar surface area (TPSA) is 12.9 Å². The lowest BCUT2D eigenvalue weighted by Crippen LogP contribution is -2.01. The Kier molecular flexibility index (Phi) is 4.57. The van der Waals surface area contributed by atoms with E-state index >= 15 is 0 Å². The van der Waals surface area contributed by atoms with Gasteiger partial charge in [-0.2, -0.15) is 0 Å². The summed E-state index contributed by atoms with van der Waals surface area (Å²) >= 11 is 0. The molecule has 119 valence electrons. The minimum Gasteiger partial charge on any atom is -0.252 e. The predicted molar refractivity (Wildman–Crippen MR) is 97.9 cm³/mol. The molecule has 24 heavy (non-hydrogen) atoms. The molecule has 3 aromatic rings. The van der Waals surface area contributed by atoms with E-state index in [0.29, 0.717) is 0 Å². The highest BCUT2D eigenvalue weighted by molar-refractivity contribution is 5.80. The lowest BCUT2D eigenvalue weighted by atomic mass is 9.92. The van der Waals surface area contributed by atoms with Gasteiger partial charge in [0.05, 0.1) is 11.4 Å². The fourth-order valence-corrected chi connectivity index (χ4v) is 2.82. The van der Waals surface area contributed by atoms with Crippen LogP contribution in [-0.4, -0.2) is 4.98 Å². The van der Waals surface area contributed by atoms with Crippen molar-refractivity contribution in [1.29, 1.82) is 0 Å². The van der Waals surface area contributed by atoms with Crippen LogP contribution in [0.5, 0.6) is 0 Å². The van der Waals surface area contributed by atoms with Crippen LogP contribution in [-0.2, 0) is 0 Å². The first-order chi connectivity index (χ1) is 11.6. The molecule has 2 aromatic carbocycles. The quantitative estimate of drug-likeness (QED) is 0.564. The normalized spacial score (nSPS) is 10.8. The molecule has 0 fully saturated rings. The summed E-state index contributed by atoms with van der Waals surface area (Å²) in [7, 11) is 0. The van der Waals surface area contributed by atoms with E-state index in [2.05, 4.69) is 13.8 Å². The summed E-state index contributed by atoms with van der Waals surface area (Å²) in [6, 6.07) is 18.5. The van der Waals surface area contributed by atoms with E-state index in [0.717, 1.165) is 33.6 Å². The number of pyridine rings is 1. The van der Waals surface area contributed by atoms with Gasteiger partial charge in [0.15, 0.2) is 0 Å². The molecule has 0 N–H and O–H groups in total. The predicted octanol–water partition coefficient (Wildman–Crippen LogP) is 6.12. The zero-order chi connectivity index (χ0) is 17.1. The van der Waals surface area contributed by atoms with Gasteiger partial charge in [-0.25, -0.2) is 4.39 Å². The zero-order valence-corrected chi connectivity index (χ0v) is 13.8. The maximum atomic E-state index is 13.3. The van der Waals surface area contributed by atoms with E-state index in [4.69, 9.17) is 11.6 Å². The smallest absolute Gasteiger partial charge is 0.123 e. The number of hydrogen-bond acceptors (Lipinski definition) is 1. The lowest BCUT2D eigenvalue weighted by Gasteiger charge is -2.17. The summed E-state index contributed by atoms with van der Waals surface area (Å²) in [5, 5.41) is 0. The summed E-state index contributed by atoms with van der Waals surface area (Å²) in [4.78, 5) is 4.83. The minimum absolute atomic E-state index is 0.225. The molecule has 0 aliphatic rings. The van der Waals surface area contributed by atoms with E-state index in [9.17, 15) is 4.39 Å². The second kappa shape index (κ2) is 6.79. The maximum Gasteiger partial charge on any atom is 0.123 e. The van der Waals surface area contributed by atoms with Crippen molar-refractivity contribution in [3.63, 3.8) is 0 Å². The molecule has 0 saturated carbocycles. The molecule has 0 unspecified atom stereocenters. The van der Waals surface area contributed by atoms with Gasteiger partial charge < -0.3 is 0 Å². The highest BCUT2D eigenvalue weighted by Gasteiger charge is 2.15. The van der Waals surface area contributed by atoms with E-state index in [1.165, 1.54) is 12.1 Å². The first kappa shape index (κ1) is 16.1. The van der Waals surface area contributed by atoms with Crippen molar-refractivity contribution in [2.75, 3.05) is 0 Å². The van der Waals surface area contributed by atoms with Crippen LogP contribution in [0.3, 0.4) is 0 Å². The number of benzene rings is 2. The van der Waals surface area contributed by atoms with Gasteiger partial charge in [-0.3, -0.25) is 4.98 Å². The molecule has 1 nitrogen and oxygen atoms in total. The van der Waals surface area contributed by atoms with Crippen LogP contribution < -0.4 is 0 Å². The molecule has 1 radical (unpaired) electrons. The largest absolute Gasteiger partial charge is 0.252 e. The molecule has 0 saturated heterocycles. The highest BCUT2D eigenvalue weighted by atomic mass is 19.1. The molecule has 0 amide bonds. The summed E-state index contributed by atoms with van der Waals surface area (Å²) in [6.45, 7) is 10.1. The first-order valence-corrected chi connectivity index (χ1v) is 8.01. The van der Waals surface area contributed by atoms with Crippen LogP contribution in [0.2, 0.25) is 0 Å². The van der Waals surface area contributed by atoms with E-state index < -0.39 is 0 Å². The number of aromatic nitrogens is 1. The number of hydrogen-bond donors (Lipinski definition) is 0. The van der Waals surface area contributed by atoms with Crippen molar-refractivity contribution < 1.29 is 4.39 Å². The average molecular weight is 316 g/mol.